The number of fused-ring (bicyclic) bond motifs is 3. The molecule has 0 radical (unpaired) electrons. The molecule has 2 aliphatic heterocycles. The minimum absolute atomic E-state index is 0.170. The van der Waals surface area contributed by atoms with Gasteiger partial charge in [0.1, 0.15) is 5.69 Å². The van der Waals surface area contributed by atoms with Crippen LogP contribution in [0.5, 0.6) is 0 Å². The summed E-state index contributed by atoms with van der Waals surface area (Å²) in [5.74, 6) is 0. The van der Waals surface area contributed by atoms with Crippen LogP contribution >= 0.6 is 0 Å². The third-order valence-corrected chi connectivity index (χ3v) is 2.52. The SMILES string of the molecule is O=c1c2cn(O)c3ccccc3c-2nn1O. The molecule has 2 heterocycles. The minimum atomic E-state index is -0.649. The molecule has 0 spiro atoms. The van der Waals surface area contributed by atoms with Gasteiger partial charge in [-0.25, -0.2) is 0 Å². The highest BCUT2D eigenvalue weighted by molar-refractivity contribution is 5.93. The van der Waals surface area contributed by atoms with Gasteiger partial charge in [0.2, 0.25) is 0 Å². The molecule has 0 aliphatic carbocycles. The first-order chi connectivity index (χ1) is 7.68. The van der Waals surface area contributed by atoms with Crippen molar-refractivity contribution in [2.45, 2.75) is 0 Å². The van der Waals surface area contributed by atoms with E-state index in [1.54, 1.807) is 24.3 Å². The summed E-state index contributed by atoms with van der Waals surface area (Å²) >= 11 is 0. The van der Waals surface area contributed by atoms with E-state index in [2.05, 4.69) is 5.10 Å². The number of hydrogen-bond acceptors (Lipinski definition) is 4. The summed E-state index contributed by atoms with van der Waals surface area (Å²) in [6.45, 7) is 0. The Morgan fingerprint density at radius 1 is 1.19 bits per heavy atom. The lowest BCUT2D eigenvalue weighted by atomic mass is 10.1. The average Bonchev–Trinajstić information content (AvgIpc) is 2.57. The second kappa shape index (κ2) is 2.75. The summed E-state index contributed by atoms with van der Waals surface area (Å²) < 4.78 is 0.848. The van der Waals surface area contributed by atoms with Crippen molar-refractivity contribution in [3.05, 3.63) is 40.8 Å². The van der Waals surface area contributed by atoms with E-state index in [1.165, 1.54) is 6.20 Å². The molecule has 0 saturated heterocycles. The van der Waals surface area contributed by atoms with Crippen molar-refractivity contribution in [3.8, 4) is 11.3 Å². The van der Waals surface area contributed by atoms with Gasteiger partial charge in [-0.05, 0) is 6.07 Å². The average molecular weight is 217 g/mol. The van der Waals surface area contributed by atoms with Gasteiger partial charge in [0.25, 0.3) is 0 Å². The van der Waals surface area contributed by atoms with Crippen molar-refractivity contribution in [1.82, 2.24) is 14.7 Å². The van der Waals surface area contributed by atoms with Gasteiger partial charge in [-0.3, -0.25) is 4.79 Å². The number of nitrogens with zero attached hydrogens (tertiary/aromatic N) is 3. The molecule has 6 heteroatoms. The van der Waals surface area contributed by atoms with Crippen LogP contribution in [0.2, 0.25) is 0 Å². The number of benzene rings is 1. The number of rotatable bonds is 0. The standard InChI is InChI=1S/C10H7N3O3/c14-10-7-5-12(15)8-4-2-1-3-6(8)9(7)11-13(10)16/h1-5,15-16H. The molecular weight excluding hydrogens is 210 g/mol. The fraction of sp³-hybridized carbons (Fsp3) is 0. The van der Waals surface area contributed by atoms with Crippen LogP contribution < -0.4 is 5.56 Å². The van der Waals surface area contributed by atoms with Gasteiger partial charge in [0.05, 0.1) is 17.3 Å². The van der Waals surface area contributed by atoms with E-state index in [-0.39, 0.29) is 10.4 Å². The van der Waals surface area contributed by atoms with E-state index < -0.39 is 5.56 Å². The molecule has 0 fully saturated rings. The van der Waals surface area contributed by atoms with E-state index in [1.807, 2.05) is 0 Å². The topological polar surface area (TPSA) is 80.3 Å². The third kappa shape index (κ3) is 0.952. The van der Waals surface area contributed by atoms with Gasteiger partial charge in [-0.1, -0.05) is 23.0 Å². The highest BCUT2D eigenvalue weighted by Crippen LogP contribution is 2.25. The molecule has 2 aliphatic rings. The lowest BCUT2D eigenvalue weighted by Crippen LogP contribution is -2.13. The van der Waals surface area contributed by atoms with E-state index >= 15 is 0 Å². The zero-order chi connectivity index (χ0) is 11.3. The number of pyridine rings is 1. The largest absolute Gasteiger partial charge is 0.428 e. The minimum Gasteiger partial charge on any atom is -0.428 e. The Labute approximate surface area is 88.8 Å². The van der Waals surface area contributed by atoms with Crippen molar-refractivity contribution in [2.75, 3.05) is 0 Å². The molecule has 3 rings (SSSR count). The normalized spacial score (nSPS) is 11.2. The van der Waals surface area contributed by atoms with Crippen LogP contribution in [0, 0.1) is 0 Å². The highest BCUT2D eigenvalue weighted by atomic mass is 16.5. The van der Waals surface area contributed by atoms with E-state index in [0.29, 0.717) is 16.6 Å². The van der Waals surface area contributed by atoms with Gasteiger partial charge in [0, 0.05) is 5.39 Å². The first-order valence-electron chi connectivity index (χ1n) is 4.60. The van der Waals surface area contributed by atoms with Crippen LogP contribution in [-0.4, -0.2) is 25.1 Å². The van der Waals surface area contributed by atoms with E-state index in [9.17, 15) is 15.2 Å². The molecule has 6 nitrogen and oxygen atoms in total. The molecule has 16 heavy (non-hydrogen) atoms. The summed E-state index contributed by atoms with van der Waals surface area (Å²) in [6, 6.07) is 6.93. The molecule has 0 bridgehead atoms. The molecule has 1 aromatic carbocycles. The van der Waals surface area contributed by atoms with Crippen LogP contribution in [0.4, 0.5) is 0 Å². The Morgan fingerprint density at radius 2 is 1.94 bits per heavy atom. The summed E-state index contributed by atoms with van der Waals surface area (Å²) in [7, 11) is 0. The zero-order valence-electron chi connectivity index (χ0n) is 8.03. The molecule has 2 N–H and O–H groups in total. The Morgan fingerprint density at radius 3 is 2.75 bits per heavy atom. The van der Waals surface area contributed by atoms with Crippen molar-refractivity contribution in [3.63, 3.8) is 0 Å². The van der Waals surface area contributed by atoms with Crippen LogP contribution in [-0.2, 0) is 0 Å². The molecule has 1 aromatic rings. The number of para-hydroxylation sites is 1. The Bertz CT molecular complexity index is 713. The predicted octanol–water partition coefficient (Wildman–Crippen LogP) is 0.777. The Balaban J connectivity index is 2.63. The van der Waals surface area contributed by atoms with E-state index in [4.69, 9.17) is 0 Å². The van der Waals surface area contributed by atoms with Crippen LogP contribution in [0.25, 0.3) is 22.2 Å². The second-order valence-electron chi connectivity index (χ2n) is 3.45. The van der Waals surface area contributed by atoms with Gasteiger partial charge in [-0.2, -0.15) is 4.73 Å². The van der Waals surface area contributed by atoms with Crippen molar-refractivity contribution in [2.24, 2.45) is 0 Å². The zero-order valence-corrected chi connectivity index (χ0v) is 8.03. The Hall–Kier alpha value is -2.50. The molecular formula is C10H7N3O3. The first-order valence-corrected chi connectivity index (χ1v) is 4.60. The summed E-state index contributed by atoms with van der Waals surface area (Å²) in [5.41, 5.74) is 0.411. The van der Waals surface area contributed by atoms with Gasteiger partial charge in [-0.15, -0.1) is 5.10 Å². The van der Waals surface area contributed by atoms with Gasteiger partial charge < -0.3 is 10.4 Å². The maximum Gasteiger partial charge on any atom is 0.313 e. The number of hydrogen-bond donors (Lipinski definition) is 2. The summed E-state index contributed by atoms with van der Waals surface area (Å²) in [6.07, 6.45) is 1.24. The third-order valence-electron chi connectivity index (χ3n) is 2.52. The second-order valence-corrected chi connectivity index (χ2v) is 3.45. The molecule has 0 amide bonds. The van der Waals surface area contributed by atoms with Crippen LogP contribution in [0.3, 0.4) is 0 Å². The molecule has 80 valence electrons. The highest BCUT2D eigenvalue weighted by Gasteiger charge is 2.19. The molecule has 0 saturated carbocycles. The monoisotopic (exact) mass is 217 g/mol. The van der Waals surface area contributed by atoms with Crippen molar-refractivity contribution in [1.29, 1.82) is 0 Å². The van der Waals surface area contributed by atoms with Gasteiger partial charge >= 0.3 is 5.56 Å². The van der Waals surface area contributed by atoms with Gasteiger partial charge in [0.15, 0.2) is 0 Å². The molecule has 0 aromatic heterocycles. The maximum atomic E-state index is 11.5. The Kier molecular flexibility index (Phi) is 1.51. The molecule has 0 unspecified atom stereocenters. The fourth-order valence-corrected chi connectivity index (χ4v) is 1.78. The lowest BCUT2D eigenvalue weighted by Gasteiger charge is -2.06. The maximum absolute atomic E-state index is 11.5. The number of aromatic nitrogens is 3. The molecule has 0 atom stereocenters. The fourth-order valence-electron chi connectivity index (χ4n) is 1.78. The smallest absolute Gasteiger partial charge is 0.313 e. The quantitative estimate of drug-likeness (QED) is 0.545. The summed E-state index contributed by atoms with van der Waals surface area (Å²) in [5, 5.41) is 23.2. The van der Waals surface area contributed by atoms with Crippen molar-refractivity contribution < 1.29 is 10.4 Å². The lowest BCUT2D eigenvalue weighted by molar-refractivity contribution is 0.141. The predicted molar refractivity (Wildman–Crippen MR) is 55.0 cm³/mol. The van der Waals surface area contributed by atoms with Crippen molar-refractivity contribution >= 4 is 10.9 Å². The van der Waals surface area contributed by atoms with Crippen LogP contribution in [0.15, 0.2) is 35.3 Å². The van der Waals surface area contributed by atoms with Crippen LogP contribution in [0.1, 0.15) is 0 Å². The van der Waals surface area contributed by atoms with E-state index in [0.717, 1.165) is 4.73 Å². The first kappa shape index (κ1) is 8.78. The summed E-state index contributed by atoms with van der Waals surface area (Å²) in [4.78, 5) is 11.7.